The van der Waals surface area contributed by atoms with Gasteiger partial charge in [-0.1, -0.05) is 48.6 Å². The molecule has 2 aromatic carbocycles. The Morgan fingerprint density at radius 3 is 2.39 bits per heavy atom. The van der Waals surface area contributed by atoms with Crippen LogP contribution < -0.4 is 9.47 Å². The number of allylic oxidation sites excluding steroid dienone is 4. The molecule has 0 aliphatic heterocycles. The van der Waals surface area contributed by atoms with Crippen LogP contribution in [0.4, 0.5) is 5.69 Å². The Bertz CT molecular complexity index is 1000. The van der Waals surface area contributed by atoms with E-state index in [1.165, 1.54) is 0 Å². The molecule has 0 aliphatic carbocycles. The van der Waals surface area contributed by atoms with Gasteiger partial charge in [0.1, 0.15) is 6.54 Å². The van der Waals surface area contributed by atoms with Gasteiger partial charge in [-0.25, -0.2) is 0 Å². The zero-order valence-electron chi connectivity index (χ0n) is 16.0. The van der Waals surface area contributed by atoms with Gasteiger partial charge in [0.25, 0.3) is 5.52 Å². The number of halogens is 1. The van der Waals surface area contributed by atoms with Crippen LogP contribution in [0.15, 0.2) is 89.5 Å². The number of aryl methyl sites for hydroxylation is 1. The SMILES string of the molecule is CC[n+]1c(C=CC=CC=CN(C(C)=O)c2ccccc2)oc2ccccc21.I. The van der Waals surface area contributed by atoms with Gasteiger partial charge in [-0.15, -0.1) is 24.0 Å². The van der Waals surface area contributed by atoms with E-state index in [0.717, 1.165) is 29.2 Å². The van der Waals surface area contributed by atoms with Gasteiger partial charge in [-0.3, -0.25) is 9.69 Å². The number of oxazole rings is 1. The molecule has 28 heavy (non-hydrogen) atoms. The topological polar surface area (TPSA) is 37.3 Å². The van der Waals surface area contributed by atoms with Crippen molar-refractivity contribution in [3.63, 3.8) is 0 Å². The molecule has 0 bridgehead atoms. The summed E-state index contributed by atoms with van der Waals surface area (Å²) >= 11 is 0. The van der Waals surface area contributed by atoms with Gasteiger partial charge in [0.05, 0.1) is 6.08 Å². The third kappa shape index (κ3) is 5.19. The first kappa shape index (κ1) is 21.6. The second-order valence-corrected chi connectivity index (χ2v) is 5.96. The number of aromatic nitrogens is 1. The quantitative estimate of drug-likeness (QED) is 0.262. The van der Waals surface area contributed by atoms with Crippen molar-refractivity contribution in [3.05, 3.63) is 91.0 Å². The average molecular weight is 487 g/mol. The molecule has 0 unspecified atom stereocenters. The molecule has 4 nitrogen and oxygen atoms in total. The Kier molecular flexibility index (Phi) is 8.19. The van der Waals surface area contributed by atoms with Gasteiger partial charge in [0.15, 0.2) is 0 Å². The fourth-order valence-corrected chi connectivity index (χ4v) is 2.87. The Morgan fingerprint density at radius 1 is 1.00 bits per heavy atom. The Balaban J connectivity index is 0.00000280. The van der Waals surface area contributed by atoms with Gasteiger partial charge in [0, 0.05) is 24.9 Å². The number of carbonyl (C=O) groups excluding carboxylic acids is 1. The minimum Gasteiger partial charge on any atom is -0.398 e. The summed E-state index contributed by atoms with van der Waals surface area (Å²) in [6.45, 7) is 4.48. The van der Waals surface area contributed by atoms with Crippen LogP contribution in [0, 0.1) is 0 Å². The third-order valence-electron chi connectivity index (χ3n) is 4.13. The highest BCUT2D eigenvalue weighted by atomic mass is 127. The van der Waals surface area contributed by atoms with Crippen LogP contribution >= 0.6 is 24.0 Å². The number of hydrogen-bond acceptors (Lipinski definition) is 2. The van der Waals surface area contributed by atoms with E-state index >= 15 is 0 Å². The molecule has 1 heterocycles. The van der Waals surface area contributed by atoms with E-state index in [1.54, 1.807) is 18.0 Å². The molecule has 3 aromatic rings. The number of fused-ring (bicyclic) bond motifs is 1. The maximum Gasteiger partial charge on any atom is 0.374 e. The van der Waals surface area contributed by atoms with Gasteiger partial charge >= 0.3 is 5.89 Å². The second kappa shape index (κ2) is 10.6. The predicted octanol–water partition coefficient (Wildman–Crippen LogP) is 5.49. The highest BCUT2D eigenvalue weighted by molar-refractivity contribution is 14.0. The van der Waals surface area contributed by atoms with E-state index < -0.39 is 0 Å². The van der Waals surface area contributed by atoms with Gasteiger partial charge in [-0.05, 0) is 31.2 Å². The summed E-state index contributed by atoms with van der Waals surface area (Å²) < 4.78 is 8.02. The second-order valence-electron chi connectivity index (χ2n) is 5.96. The number of nitrogens with zero attached hydrogens (tertiary/aromatic N) is 2. The van der Waals surface area contributed by atoms with Crippen LogP contribution in [-0.4, -0.2) is 5.91 Å². The van der Waals surface area contributed by atoms with Crippen molar-refractivity contribution in [1.29, 1.82) is 0 Å². The van der Waals surface area contributed by atoms with E-state index in [-0.39, 0.29) is 29.9 Å². The largest absolute Gasteiger partial charge is 0.398 e. The molecule has 5 heteroatoms. The molecule has 0 fully saturated rings. The van der Waals surface area contributed by atoms with E-state index in [4.69, 9.17) is 4.42 Å². The average Bonchev–Trinajstić information content (AvgIpc) is 3.05. The summed E-state index contributed by atoms with van der Waals surface area (Å²) in [5.74, 6) is 0.773. The summed E-state index contributed by atoms with van der Waals surface area (Å²) in [6, 6.07) is 17.6. The van der Waals surface area contributed by atoms with Gasteiger partial charge < -0.3 is 4.42 Å². The van der Waals surface area contributed by atoms with Crippen LogP contribution in [0.5, 0.6) is 0 Å². The molecule has 1 amide bonds. The Labute approximate surface area is 182 Å². The van der Waals surface area contributed by atoms with Crippen LogP contribution in [0.2, 0.25) is 0 Å². The fourth-order valence-electron chi connectivity index (χ4n) is 2.87. The number of amides is 1. The number of para-hydroxylation sites is 3. The lowest BCUT2D eigenvalue weighted by Gasteiger charge is -2.15. The molecule has 0 radical (unpaired) electrons. The number of rotatable bonds is 6. The molecule has 0 saturated carbocycles. The lowest BCUT2D eigenvalue weighted by Crippen LogP contribution is -2.33. The van der Waals surface area contributed by atoms with Gasteiger partial charge in [0.2, 0.25) is 11.5 Å². The molecule has 0 aliphatic rings. The third-order valence-corrected chi connectivity index (χ3v) is 4.13. The van der Waals surface area contributed by atoms with Gasteiger partial charge in [-0.2, -0.15) is 4.57 Å². The normalized spacial score (nSPS) is 11.5. The van der Waals surface area contributed by atoms with Crippen LogP contribution in [-0.2, 0) is 11.3 Å². The molecule has 0 atom stereocenters. The summed E-state index contributed by atoms with van der Waals surface area (Å²) in [7, 11) is 0. The lowest BCUT2D eigenvalue weighted by molar-refractivity contribution is -0.674. The maximum absolute atomic E-state index is 11.8. The van der Waals surface area contributed by atoms with Crippen LogP contribution in [0.1, 0.15) is 19.7 Å². The molecular weight excluding hydrogens is 463 g/mol. The molecule has 0 saturated heterocycles. The summed E-state index contributed by atoms with van der Waals surface area (Å²) in [5, 5.41) is 0. The molecule has 3 rings (SSSR count). The van der Waals surface area contributed by atoms with E-state index in [1.807, 2.05) is 78.9 Å². The van der Waals surface area contributed by atoms with Crippen molar-refractivity contribution < 1.29 is 13.8 Å². The Morgan fingerprint density at radius 2 is 1.68 bits per heavy atom. The minimum absolute atomic E-state index is 0. The zero-order valence-corrected chi connectivity index (χ0v) is 18.3. The highest BCUT2D eigenvalue weighted by Gasteiger charge is 2.17. The number of hydrogen-bond donors (Lipinski definition) is 0. The number of anilines is 1. The lowest BCUT2D eigenvalue weighted by atomic mass is 10.3. The van der Waals surface area contributed by atoms with E-state index in [2.05, 4.69) is 17.6 Å². The molecule has 0 N–H and O–H groups in total. The molecular formula is C23H24IN2O2+. The first-order valence-corrected chi connectivity index (χ1v) is 8.98. The maximum atomic E-state index is 11.8. The first-order valence-electron chi connectivity index (χ1n) is 8.98. The standard InChI is InChI=1S/C23H23N2O2.HI/c1-3-24-21-15-10-11-16-22(21)27-23(24)17-9-4-5-12-18-25(19(2)26)20-13-7-6-8-14-20;/h4-18H,3H2,1-2H3;1H/q+1;. The van der Waals surface area contributed by atoms with E-state index in [0.29, 0.717) is 0 Å². The summed E-state index contributed by atoms with van der Waals surface area (Å²) in [5.41, 5.74) is 2.81. The Hall–Kier alpha value is -2.67. The van der Waals surface area contributed by atoms with E-state index in [9.17, 15) is 4.79 Å². The smallest absolute Gasteiger partial charge is 0.374 e. The summed E-state index contributed by atoms with van der Waals surface area (Å²) in [6.07, 6.45) is 11.3. The first-order chi connectivity index (χ1) is 13.2. The molecule has 1 aromatic heterocycles. The fraction of sp³-hybridized carbons (Fsp3) is 0.130. The van der Waals surface area contributed by atoms with Crippen molar-refractivity contribution in [2.45, 2.75) is 20.4 Å². The monoisotopic (exact) mass is 487 g/mol. The van der Waals surface area contributed by atoms with Crippen molar-refractivity contribution in [3.8, 4) is 0 Å². The van der Waals surface area contributed by atoms with Crippen molar-refractivity contribution in [2.24, 2.45) is 0 Å². The van der Waals surface area contributed by atoms with Crippen molar-refractivity contribution in [2.75, 3.05) is 4.90 Å². The highest BCUT2D eigenvalue weighted by Crippen LogP contribution is 2.15. The summed E-state index contributed by atoms with van der Waals surface area (Å²) in [4.78, 5) is 13.4. The molecule has 144 valence electrons. The predicted molar refractivity (Wildman–Crippen MR) is 124 cm³/mol. The van der Waals surface area contributed by atoms with Crippen LogP contribution in [0.25, 0.3) is 17.2 Å². The number of benzene rings is 2. The number of carbonyl (C=O) groups is 1. The van der Waals surface area contributed by atoms with Crippen molar-refractivity contribution >= 4 is 52.7 Å². The van der Waals surface area contributed by atoms with Crippen molar-refractivity contribution in [1.82, 2.24) is 0 Å². The zero-order chi connectivity index (χ0) is 19.1. The minimum atomic E-state index is -0.0346. The molecule has 0 spiro atoms. The van der Waals surface area contributed by atoms with Crippen LogP contribution in [0.3, 0.4) is 0 Å².